The van der Waals surface area contributed by atoms with Gasteiger partial charge in [-0.15, -0.1) is 0 Å². The van der Waals surface area contributed by atoms with Gasteiger partial charge in [-0.05, 0) is 37.0 Å². The molecule has 0 spiro atoms. The molecule has 1 saturated carbocycles. The minimum Gasteiger partial charge on any atom is -0.383 e. The second kappa shape index (κ2) is 6.11. The van der Waals surface area contributed by atoms with Crippen LogP contribution in [0.25, 0.3) is 0 Å². The Morgan fingerprint density at radius 2 is 2.10 bits per heavy atom. The molecule has 112 valence electrons. The quantitative estimate of drug-likeness (QED) is 0.833. The van der Waals surface area contributed by atoms with Crippen molar-refractivity contribution in [3.05, 3.63) is 24.3 Å². The van der Waals surface area contributed by atoms with E-state index in [9.17, 15) is 8.42 Å². The van der Waals surface area contributed by atoms with Gasteiger partial charge in [0.1, 0.15) is 0 Å². The highest BCUT2D eigenvalue weighted by molar-refractivity contribution is 7.89. The summed E-state index contributed by atoms with van der Waals surface area (Å²) < 4.78 is 30.7. The zero-order valence-corrected chi connectivity index (χ0v) is 13.0. The molecule has 0 amide bonds. The number of hydrogen-bond donors (Lipinski definition) is 1. The number of anilines is 1. The van der Waals surface area contributed by atoms with Gasteiger partial charge in [0.15, 0.2) is 0 Å². The molecule has 0 bridgehead atoms. The third-order valence-electron chi connectivity index (χ3n) is 3.50. The number of sulfonamides is 1. The molecule has 0 aliphatic heterocycles. The van der Waals surface area contributed by atoms with Crippen LogP contribution in [-0.4, -0.2) is 46.6 Å². The van der Waals surface area contributed by atoms with Gasteiger partial charge < -0.3 is 10.1 Å². The fourth-order valence-corrected chi connectivity index (χ4v) is 3.09. The number of methoxy groups -OCH3 is 1. The first kappa shape index (κ1) is 15.3. The van der Waals surface area contributed by atoms with Crippen LogP contribution in [0.4, 0.5) is 5.69 Å². The summed E-state index contributed by atoms with van der Waals surface area (Å²) in [5.41, 5.74) is 0.821. The van der Waals surface area contributed by atoms with Gasteiger partial charge in [0.25, 0.3) is 0 Å². The second-order valence-electron chi connectivity index (χ2n) is 5.36. The largest absolute Gasteiger partial charge is 0.383 e. The summed E-state index contributed by atoms with van der Waals surface area (Å²) in [6, 6.07) is 7.19. The zero-order valence-electron chi connectivity index (χ0n) is 12.2. The lowest BCUT2D eigenvalue weighted by atomic mass is 10.2. The van der Waals surface area contributed by atoms with Crippen molar-refractivity contribution >= 4 is 15.7 Å². The van der Waals surface area contributed by atoms with Gasteiger partial charge in [-0.1, -0.05) is 6.07 Å². The molecular weight excluding hydrogens is 276 g/mol. The van der Waals surface area contributed by atoms with Crippen LogP contribution >= 0.6 is 0 Å². The molecule has 1 aliphatic carbocycles. The normalized spacial score (nSPS) is 17.2. The fraction of sp³-hybridized carbons (Fsp3) is 0.571. The minimum atomic E-state index is -3.39. The lowest BCUT2D eigenvalue weighted by Gasteiger charge is -2.19. The number of ether oxygens (including phenoxy) is 1. The summed E-state index contributed by atoms with van der Waals surface area (Å²) in [7, 11) is 1.36. The van der Waals surface area contributed by atoms with Crippen molar-refractivity contribution in [1.82, 2.24) is 4.31 Å². The van der Waals surface area contributed by atoms with Gasteiger partial charge in [0.2, 0.25) is 10.0 Å². The van der Waals surface area contributed by atoms with Crippen LogP contribution in [0.5, 0.6) is 0 Å². The van der Waals surface area contributed by atoms with Crippen molar-refractivity contribution in [2.75, 3.05) is 33.1 Å². The summed E-state index contributed by atoms with van der Waals surface area (Å²) in [5.74, 6) is 0.629. The van der Waals surface area contributed by atoms with Crippen molar-refractivity contribution in [3.63, 3.8) is 0 Å². The smallest absolute Gasteiger partial charge is 0.242 e. The Balaban J connectivity index is 2.17. The molecular formula is C14H22N2O3S. The van der Waals surface area contributed by atoms with E-state index in [4.69, 9.17) is 4.74 Å². The molecule has 1 atom stereocenters. The maximum atomic E-state index is 12.1. The molecule has 20 heavy (non-hydrogen) atoms. The molecule has 2 rings (SSSR count). The van der Waals surface area contributed by atoms with Crippen LogP contribution in [0.15, 0.2) is 29.2 Å². The Morgan fingerprint density at radius 3 is 2.65 bits per heavy atom. The van der Waals surface area contributed by atoms with E-state index in [2.05, 4.69) is 5.32 Å². The fourth-order valence-electron chi connectivity index (χ4n) is 2.14. The van der Waals surface area contributed by atoms with E-state index in [0.717, 1.165) is 5.69 Å². The molecule has 0 saturated heterocycles. The lowest BCUT2D eigenvalue weighted by Crippen LogP contribution is -2.27. The number of nitrogens with zero attached hydrogens (tertiary/aromatic N) is 1. The summed E-state index contributed by atoms with van der Waals surface area (Å²) >= 11 is 0. The predicted octanol–water partition coefficient (Wildman–Crippen LogP) is 1.77. The first-order chi connectivity index (χ1) is 9.45. The molecule has 1 N–H and O–H groups in total. The van der Waals surface area contributed by atoms with E-state index in [-0.39, 0.29) is 6.04 Å². The van der Waals surface area contributed by atoms with Crippen molar-refractivity contribution in [1.29, 1.82) is 0 Å². The summed E-state index contributed by atoms with van der Waals surface area (Å²) in [5, 5.41) is 3.39. The van der Waals surface area contributed by atoms with Crippen LogP contribution in [-0.2, 0) is 14.8 Å². The molecule has 0 aromatic heterocycles. The van der Waals surface area contributed by atoms with E-state index in [1.807, 2.05) is 6.07 Å². The summed E-state index contributed by atoms with van der Waals surface area (Å²) in [6.45, 7) is 0.634. The molecule has 1 aliphatic rings. The van der Waals surface area contributed by atoms with E-state index < -0.39 is 10.0 Å². The summed E-state index contributed by atoms with van der Waals surface area (Å²) in [6.07, 6.45) is 2.41. The Labute approximate surface area is 121 Å². The van der Waals surface area contributed by atoms with Crippen molar-refractivity contribution in [2.24, 2.45) is 5.92 Å². The Morgan fingerprint density at radius 1 is 1.40 bits per heavy atom. The van der Waals surface area contributed by atoms with Crippen molar-refractivity contribution < 1.29 is 13.2 Å². The number of benzene rings is 1. The zero-order chi connectivity index (χ0) is 14.8. The topological polar surface area (TPSA) is 58.6 Å². The van der Waals surface area contributed by atoms with Crippen LogP contribution < -0.4 is 5.32 Å². The molecule has 1 aromatic rings. The highest BCUT2D eigenvalue weighted by atomic mass is 32.2. The molecule has 1 unspecified atom stereocenters. The van der Waals surface area contributed by atoms with Gasteiger partial charge in [0.05, 0.1) is 17.5 Å². The lowest BCUT2D eigenvalue weighted by molar-refractivity contribution is 0.179. The van der Waals surface area contributed by atoms with Gasteiger partial charge in [-0.25, -0.2) is 12.7 Å². The van der Waals surface area contributed by atoms with E-state index in [1.165, 1.54) is 31.2 Å². The first-order valence-electron chi connectivity index (χ1n) is 6.73. The van der Waals surface area contributed by atoms with Crippen LogP contribution in [0.2, 0.25) is 0 Å². The van der Waals surface area contributed by atoms with Gasteiger partial charge in [-0.3, -0.25) is 0 Å². The number of hydrogen-bond acceptors (Lipinski definition) is 4. The van der Waals surface area contributed by atoms with Gasteiger partial charge >= 0.3 is 0 Å². The van der Waals surface area contributed by atoms with Crippen LogP contribution in [0.3, 0.4) is 0 Å². The predicted molar refractivity (Wildman–Crippen MR) is 79.3 cm³/mol. The second-order valence-corrected chi connectivity index (χ2v) is 7.51. The minimum absolute atomic E-state index is 0.248. The maximum absolute atomic E-state index is 12.1. The third kappa shape index (κ3) is 3.50. The van der Waals surface area contributed by atoms with E-state index in [0.29, 0.717) is 17.4 Å². The van der Waals surface area contributed by atoms with Gasteiger partial charge in [-0.2, -0.15) is 0 Å². The highest BCUT2D eigenvalue weighted by Crippen LogP contribution is 2.34. The van der Waals surface area contributed by atoms with Crippen LogP contribution in [0, 0.1) is 5.92 Å². The van der Waals surface area contributed by atoms with Crippen molar-refractivity contribution in [3.8, 4) is 0 Å². The summed E-state index contributed by atoms with van der Waals surface area (Å²) in [4.78, 5) is 0.305. The van der Waals surface area contributed by atoms with Crippen molar-refractivity contribution in [2.45, 2.75) is 23.8 Å². The third-order valence-corrected chi connectivity index (χ3v) is 5.31. The molecule has 1 fully saturated rings. The maximum Gasteiger partial charge on any atom is 0.242 e. The van der Waals surface area contributed by atoms with E-state index >= 15 is 0 Å². The standard InChI is InChI=1S/C14H22N2O3S/c1-16(2)20(17,18)13-6-4-5-12(9-13)15-14(10-19-3)11-7-8-11/h4-6,9,11,14-15H,7-8,10H2,1-3H3. The number of rotatable bonds is 7. The van der Waals surface area contributed by atoms with Crippen LogP contribution in [0.1, 0.15) is 12.8 Å². The first-order valence-corrected chi connectivity index (χ1v) is 8.17. The number of nitrogens with one attached hydrogen (secondary N) is 1. The SMILES string of the molecule is COCC(Nc1cccc(S(=O)(=O)N(C)C)c1)C1CC1. The highest BCUT2D eigenvalue weighted by Gasteiger charge is 2.31. The molecule has 0 heterocycles. The average molecular weight is 298 g/mol. The monoisotopic (exact) mass is 298 g/mol. The molecule has 0 radical (unpaired) electrons. The Kier molecular flexibility index (Phi) is 4.67. The molecule has 5 nitrogen and oxygen atoms in total. The van der Waals surface area contributed by atoms with E-state index in [1.54, 1.807) is 25.3 Å². The van der Waals surface area contributed by atoms with Gasteiger partial charge in [0, 0.05) is 26.9 Å². The molecule has 6 heteroatoms. The average Bonchev–Trinajstić information content (AvgIpc) is 3.22. The molecule has 1 aromatic carbocycles. The Hall–Kier alpha value is -1.11. The Bertz CT molecular complexity index is 553.